The molecule has 0 aliphatic carbocycles. The summed E-state index contributed by atoms with van der Waals surface area (Å²) in [7, 11) is 0. The van der Waals surface area contributed by atoms with Crippen molar-refractivity contribution in [3.8, 4) is 17.0 Å². The van der Waals surface area contributed by atoms with E-state index in [1.54, 1.807) is 13.0 Å². The molecule has 7 heteroatoms. The number of phenols is 1. The van der Waals surface area contributed by atoms with Crippen LogP contribution in [0, 0.1) is 13.8 Å². The number of aromatic hydroxyl groups is 1. The van der Waals surface area contributed by atoms with Gasteiger partial charge in [-0.1, -0.05) is 0 Å². The first-order valence-electron chi connectivity index (χ1n) is 9.68. The Labute approximate surface area is 164 Å². The van der Waals surface area contributed by atoms with Gasteiger partial charge in [-0.15, -0.1) is 10.2 Å². The van der Waals surface area contributed by atoms with Gasteiger partial charge < -0.3 is 19.7 Å². The van der Waals surface area contributed by atoms with E-state index in [4.69, 9.17) is 4.42 Å². The Morgan fingerprint density at radius 3 is 2.68 bits per heavy atom. The highest BCUT2D eigenvalue weighted by Crippen LogP contribution is 2.36. The number of aryl methyl sites for hydroxylation is 2. The molecule has 28 heavy (non-hydrogen) atoms. The molecule has 3 aromatic rings. The number of anilines is 1. The Kier molecular flexibility index (Phi) is 4.50. The Balaban J connectivity index is 1.57. The van der Waals surface area contributed by atoms with Crippen LogP contribution < -0.4 is 10.2 Å². The summed E-state index contributed by atoms with van der Waals surface area (Å²) in [6.45, 7) is 12.1. The maximum atomic E-state index is 10.6. The molecule has 0 amide bonds. The zero-order valence-corrected chi connectivity index (χ0v) is 17.1. The van der Waals surface area contributed by atoms with E-state index in [-0.39, 0.29) is 11.3 Å². The number of nitrogens with zero attached hydrogens (tertiary/aromatic N) is 4. The molecular weight excluding hydrogens is 354 g/mol. The van der Waals surface area contributed by atoms with Gasteiger partial charge in [0.1, 0.15) is 11.3 Å². The van der Waals surface area contributed by atoms with Gasteiger partial charge in [0.05, 0.1) is 5.69 Å². The monoisotopic (exact) mass is 381 g/mol. The molecule has 0 bridgehead atoms. The molecule has 2 N–H and O–H groups in total. The highest BCUT2D eigenvalue weighted by molar-refractivity contribution is 5.87. The zero-order valence-electron chi connectivity index (χ0n) is 17.1. The fourth-order valence-corrected chi connectivity index (χ4v) is 3.85. The average molecular weight is 381 g/mol. The molecule has 3 heterocycles. The second-order valence-corrected chi connectivity index (χ2v) is 8.58. The molecule has 1 fully saturated rings. The predicted molar refractivity (Wildman–Crippen MR) is 110 cm³/mol. The van der Waals surface area contributed by atoms with E-state index in [1.807, 2.05) is 19.1 Å². The minimum atomic E-state index is 0.101. The van der Waals surface area contributed by atoms with Crippen LogP contribution in [0.15, 0.2) is 22.6 Å². The molecule has 0 radical (unpaired) electrons. The predicted octanol–water partition coefficient (Wildman–Crippen LogP) is 3.57. The van der Waals surface area contributed by atoms with Crippen LogP contribution in [0.4, 0.5) is 5.82 Å². The highest BCUT2D eigenvalue weighted by Gasteiger charge is 2.27. The lowest BCUT2D eigenvalue weighted by atomic mass is 10.1. The van der Waals surface area contributed by atoms with Crippen molar-refractivity contribution in [3.63, 3.8) is 0 Å². The SMILES string of the molecule is Cc1nc2c(C)c(O)c(-c3ccc(N4CC[C@@H](NC(C)(C)C)C4)nn3)cc2o1. The van der Waals surface area contributed by atoms with Crippen LogP contribution in [-0.4, -0.2) is 45.0 Å². The molecule has 7 nitrogen and oxygen atoms in total. The van der Waals surface area contributed by atoms with Crippen molar-refractivity contribution in [2.24, 2.45) is 0 Å². The number of phenolic OH excluding ortho intramolecular Hbond substituents is 1. The first-order valence-corrected chi connectivity index (χ1v) is 9.68. The van der Waals surface area contributed by atoms with Gasteiger partial charge in [0.25, 0.3) is 0 Å². The second kappa shape index (κ2) is 6.74. The summed E-state index contributed by atoms with van der Waals surface area (Å²) in [5.74, 6) is 1.59. The Hall–Kier alpha value is -2.67. The summed E-state index contributed by atoms with van der Waals surface area (Å²) in [6, 6.07) is 6.09. The number of fused-ring (bicyclic) bond motifs is 1. The number of aromatic nitrogens is 3. The van der Waals surface area contributed by atoms with Crippen LogP contribution in [0.5, 0.6) is 5.75 Å². The summed E-state index contributed by atoms with van der Waals surface area (Å²) in [4.78, 5) is 6.58. The van der Waals surface area contributed by atoms with E-state index in [9.17, 15) is 5.11 Å². The minimum absolute atomic E-state index is 0.101. The molecule has 1 aliphatic rings. The Bertz CT molecular complexity index is 1000. The van der Waals surface area contributed by atoms with Crippen molar-refractivity contribution in [2.45, 2.75) is 52.6 Å². The fraction of sp³-hybridized carbons (Fsp3) is 0.476. The second-order valence-electron chi connectivity index (χ2n) is 8.58. The number of hydrogen-bond acceptors (Lipinski definition) is 7. The molecule has 0 unspecified atom stereocenters. The summed E-state index contributed by atoms with van der Waals surface area (Å²) < 4.78 is 5.64. The molecule has 1 atom stereocenters. The number of rotatable bonds is 3. The summed E-state index contributed by atoms with van der Waals surface area (Å²) in [5.41, 5.74) is 3.33. The van der Waals surface area contributed by atoms with E-state index in [0.29, 0.717) is 39.9 Å². The molecule has 0 saturated carbocycles. The summed E-state index contributed by atoms with van der Waals surface area (Å²) in [6.07, 6.45) is 1.09. The van der Waals surface area contributed by atoms with Gasteiger partial charge in [0.2, 0.25) is 0 Å². The molecule has 0 spiro atoms. The van der Waals surface area contributed by atoms with Gasteiger partial charge in [0, 0.05) is 42.7 Å². The largest absolute Gasteiger partial charge is 0.507 e. The summed E-state index contributed by atoms with van der Waals surface area (Å²) >= 11 is 0. The van der Waals surface area contributed by atoms with Gasteiger partial charge in [-0.3, -0.25) is 0 Å². The molecule has 1 saturated heterocycles. The average Bonchev–Trinajstić information content (AvgIpc) is 3.23. The van der Waals surface area contributed by atoms with E-state index in [1.165, 1.54) is 0 Å². The normalized spacial score (nSPS) is 17.6. The van der Waals surface area contributed by atoms with Crippen LogP contribution in [0.3, 0.4) is 0 Å². The third-order valence-electron chi connectivity index (χ3n) is 5.08. The van der Waals surface area contributed by atoms with Crippen LogP contribution in [0.1, 0.15) is 38.6 Å². The number of hydrogen-bond donors (Lipinski definition) is 2. The van der Waals surface area contributed by atoms with Crippen molar-refractivity contribution in [1.82, 2.24) is 20.5 Å². The van der Waals surface area contributed by atoms with Crippen molar-refractivity contribution in [1.29, 1.82) is 0 Å². The van der Waals surface area contributed by atoms with Crippen molar-refractivity contribution in [3.05, 3.63) is 29.7 Å². The lowest BCUT2D eigenvalue weighted by Crippen LogP contribution is -2.45. The van der Waals surface area contributed by atoms with E-state index in [0.717, 1.165) is 25.3 Å². The number of nitrogens with one attached hydrogen (secondary N) is 1. The first-order chi connectivity index (χ1) is 13.2. The van der Waals surface area contributed by atoms with Crippen LogP contribution in [0.25, 0.3) is 22.4 Å². The maximum absolute atomic E-state index is 10.6. The van der Waals surface area contributed by atoms with E-state index in [2.05, 4.69) is 46.2 Å². The Morgan fingerprint density at radius 1 is 1.21 bits per heavy atom. The van der Waals surface area contributed by atoms with Gasteiger partial charge in [-0.05, 0) is 52.3 Å². The van der Waals surface area contributed by atoms with Gasteiger partial charge >= 0.3 is 0 Å². The molecule has 4 rings (SSSR count). The topological polar surface area (TPSA) is 87.3 Å². The maximum Gasteiger partial charge on any atom is 0.192 e. The van der Waals surface area contributed by atoms with Gasteiger partial charge in [-0.2, -0.15) is 0 Å². The lowest BCUT2D eigenvalue weighted by molar-refractivity contribution is 0.373. The zero-order chi connectivity index (χ0) is 20.1. The smallest absolute Gasteiger partial charge is 0.192 e. The molecule has 1 aromatic carbocycles. The standard InChI is InChI=1S/C21H27N5O2/c1-12-19-17(28-13(2)22-19)10-15(20(12)27)16-6-7-18(25-24-16)26-9-8-14(11-26)23-21(3,4)5/h6-7,10,14,23,27H,8-9,11H2,1-5H3/t14-/m1/s1. The van der Waals surface area contributed by atoms with Crippen molar-refractivity contribution < 1.29 is 9.52 Å². The summed E-state index contributed by atoms with van der Waals surface area (Å²) in [5, 5.41) is 23.1. The molecule has 2 aromatic heterocycles. The van der Waals surface area contributed by atoms with Crippen LogP contribution in [0.2, 0.25) is 0 Å². The van der Waals surface area contributed by atoms with Crippen molar-refractivity contribution >= 4 is 16.9 Å². The third-order valence-corrected chi connectivity index (χ3v) is 5.08. The van der Waals surface area contributed by atoms with Gasteiger partial charge in [0.15, 0.2) is 17.3 Å². The quantitative estimate of drug-likeness (QED) is 0.717. The van der Waals surface area contributed by atoms with E-state index >= 15 is 0 Å². The minimum Gasteiger partial charge on any atom is -0.507 e. The molecular formula is C21H27N5O2. The first kappa shape index (κ1) is 18.7. The highest BCUT2D eigenvalue weighted by atomic mass is 16.3. The Morgan fingerprint density at radius 2 is 2.00 bits per heavy atom. The fourth-order valence-electron chi connectivity index (χ4n) is 3.85. The number of benzene rings is 1. The van der Waals surface area contributed by atoms with E-state index < -0.39 is 0 Å². The molecule has 148 valence electrons. The number of oxazole rings is 1. The third kappa shape index (κ3) is 3.54. The van der Waals surface area contributed by atoms with Crippen LogP contribution >= 0.6 is 0 Å². The molecule has 1 aliphatic heterocycles. The van der Waals surface area contributed by atoms with Gasteiger partial charge in [-0.25, -0.2) is 4.98 Å². The van der Waals surface area contributed by atoms with Crippen LogP contribution in [-0.2, 0) is 0 Å². The lowest BCUT2D eigenvalue weighted by Gasteiger charge is -2.26. The van der Waals surface area contributed by atoms with Crippen molar-refractivity contribution in [2.75, 3.05) is 18.0 Å².